The van der Waals surface area contributed by atoms with Crippen molar-refractivity contribution in [3.63, 3.8) is 0 Å². The second-order valence-electron chi connectivity index (χ2n) is 7.21. The van der Waals surface area contributed by atoms with Crippen LogP contribution in [-0.4, -0.2) is 41.7 Å². The van der Waals surface area contributed by atoms with Gasteiger partial charge < -0.3 is 9.47 Å². The Morgan fingerprint density at radius 3 is 2.60 bits per heavy atom. The summed E-state index contributed by atoms with van der Waals surface area (Å²) in [6.45, 7) is 3.54. The molecule has 4 rings (SSSR count). The van der Waals surface area contributed by atoms with Crippen LogP contribution in [0.4, 0.5) is 4.39 Å². The fraction of sp³-hybridized carbons (Fsp3) is 0.333. The fourth-order valence-corrected chi connectivity index (χ4v) is 3.73. The minimum atomic E-state index is -0.429. The lowest BCUT2D eigenvalue weighted by Gasteiger charge is -2.14. The molecule has 9 heteroatoms. The van der Waals surface area contributed by atoms with Gasteiger partial charge in [0.1, 0.15) is 23.1 Å². The summed E-state index contributed by atoms with van der Waals surface area (Å²) in [4.78, 5) is 13.1. The largest absolute Gasteiger partial charge is 0.497 e. The van der Waals surface area contributed by atoms with E-state index in [1.54, 1.807) is 20.1 Å². The predicted molar refractivity (Wildman–Crippen MR) is 110 cm³/mol. The van der Waals surface area contributed by atoms with Gasteiger partial charge in [0.05, 0.1) is 26.5 Å². The van der Waals surface area contributed by atoms with Gasteiger partial charge in [-0.3, -0.25) is 10.9 Å². The van der Waals surface area contributed by atoms with E-state index in [2.05, 4.69) is 16.0 Å². The maximum absolute atomic E-state index is 13.8. The van der Waals surface area contributed by atoms with Crippen LogP contribution in [0.1, 0.15) is 22.9 Å². The molecule has 0 aliphatic carbocycles. The summed E-state index contributed by atoms with van der Waals surface area (Å²) in [5.41, 5.74) is 8.23. The third-order valence-corrected chi connectivity index (χ3v) is 5.24. The molecule has 0 unspecified atom stereocenters. The Labute approximate surface area is 173 Å². The molecule has 30 heavy (non-hydrogen) atoms. The Morgan fingerprint density at radius 1 is 1.13 bits per heavy atom. The molecular formula is C21H24FN5O3. The van der Waals surface area contributed by atoms with Crippen molar-refractivity contribution in [2.45, 2.75) is 19.4 Å². The number of nitrogens with one attached hydrogen (secondary N) is 2. The highest BCUT2D eigenvalue weighted by Crippen LogP contribution is 2.28. The number of hydrogen-bond acceptors (Lipinski definition) is 6. The van der Waals surface area contributed by atoms with Gasteiger partial charge in [0.25, 0.3) is 0 Å². The lowest BCUT2D eigenvalue weighted by Crippen LogP contribution is -2.25. The second-order valence-corrected chi connectivity index (χ2v) is 7.21. The number of ether oxygens (including phenoxy) is 2. The van der Waals surface area contributed by atoms with Crippen molar-refractivity contribution in [2.24, 2.45) is 0 Å². The number of hydrazine groups is 1. The van der Waals surface area contributed by atoms with Crippen LogP contribution in [0, 0.1) is 12.7 Å². The lowest BCUT2D eigenvalue weighted by molar-refractivity contribution is 0.410. The molecule has 0 radical (unpaired) electrons. The summed E-state index contributed by atoms with van der Waals surface area (Å²) in [5.74, 6) is 1.40. The molecule has 0 spiro atoms. The van der Waals surface area contributed by atoms with Crippen LogP contribution in [-0.2, 0) is 6.54 Å². The summed E-state index contributed by atoms with van der Waals surface area (Å²) < 4.78 is 27.3. The molecule has 1 aliphatic rings. The highest BCUT2D eigenvalue weighted by atomic mass is 19.1. The number of methoxy groups -OCH3 is 2. The van der Waals surface area contributed by atoms with Crippen molar-refractivity contribution in [3.8, 4) is 17.2 Å². The molecule has 0 amide bonds. The van der Waals surface area contributed by atoms with E-state index < -0.39 is 5.82 Å². The number of benzene rings is 2. The zero-order valence-electron chi connectivity index (χ0n) is 17.1. The average molecular weight is 413 g/mol. The van der Waals surface area contributed by atoms with Crippen molar-refractivity contribution in [2.75, 3.05) is 27.3 Å². The molecule has 2 heterocycles. The molecule has 1 saturated heterocycles. The van der Waals surface area contributed by atoms with Crippen molar-refractivity contribution in [3.05, 3.63) is 69.7 Å². The Kier molecular flexibility index (Phi) is 5.56. The van der Waals surface area contributed by atoms with E-state index in [4.69, 9.17) is 9.47 Å². The highest BCUT2D eigenvalue weighted by Gasteiger charge is 2.20. The Bertz CT molecular complexity index is 1120. The monoisotopic (exact) mass is 413 g/mol. The Hall–Kier alpha value is -3.17. The standard InChI is InChI=1S/C21H24FN5O3/c1-13-25-26(12-14-6-17(22)9-18(7-14)29-2)21(28)27(13)19-5-4-15(8-20(19)30-3)16-10-23-24-11-16/h4-9,16,23-24H,10-12H2,1-3H3. The molecule has 1 aliphatic heterocycles. The summed E-state index contributed by atoms with van der Waals surface area (Å²) >= 11 is 0. The van der Waals surface area contributed by atoms with E-state index in [-0.39, 0.29) is 12.2 Å². The van der Waals surface area contributed by atoms with Crippen molar-refractivity contribution >= 4 is 0 Å². The minimum absolute atomic E-state index is 0.126. The van der Waals surface area contributed by atoms with Crippen molar-refractivity contribution < 1.29 is 13.9 Å². The van der Waals surface area contributed by atoms with Gasteiger partial charge in [0, 0.05) is 25.1 Å². The number of nitrogens with zero attached hydrogens (tertiary/aromatic N) is 3. The van der Waals surface area contributed by atoms with Gasteiger partial charge in [-0.15, -0.1) is 0 Å². The molecule has 158 valence electrons. The van der Waals surface area contributed by atoms with E-state index >= 15 is 0 Å². The topological polar surface area (TPSA) is 82.3 Å². The minimum Gasteiger partial charge on any atom is -0.497 e. The second kappa shape index (κ2) is 8.29. The molecule has 3 aromatic rings. The highest BCUT2D eigenvalue weighted by molar-refractivity contribution is 5.50. The first-order valence-electron chi connectivity index (χ1n) is 9.64. The Balaban J connectivity index is 1.70. The predicted octanol–water partition coefficient (Wildman–Crippen LogP) is 1.74. The number of halogens is 1. The summed E-state index contributed by atoms with van der Waals surface area (Å²) in [7, 11) is 3.05. The van der Waals surface area contributed by atoms with Crippen LogP contribution >= 0.6 is 0 Å². The number of aryl methyl sites for hydroxylation is 1. The molecule has 2 aromatic carbocycles. The van der Waals surface area contributed by atoms with Gasteiger partial charge in [0.2, 0.25) is 0 Å². The summed E-state index contributed by atoms with van der Waals surface area (Å²) in [5, 5.41) is 4.37. The maximum Gasteiger partial charge on any atom is 0.351 e. The smallest absolute Gasteiger partial charge is 0.351 e. The Morgan fingerprint density at radius 2 is 1.90 bits per heavy atom. The van der Waals surface area contributed by atoms with Gasteiger partial charge in [-0.1, -0.05) is 6.07 Å². The molecule has 1 fully saturated rings. The average Bonchev–Trinajstić information content (AvgIpc) is 3.36. The normalized spacial score (nSPS) is 14.3. The molecular weight excluding hydrogens is 389 g/mol. The van der Waals surface area contributed by atoms with Crippen LogP contribution in [0.15, 0.2) is 41.2 Å². The van der Waals surface area contributed by atoms with Gasteiger partial charge in [0.15, 0.2) is 0 Å². The third-order valence-electron chi connectivity index (χ3n) is 5.24. The van der Waals surface area contributed by atoms with Gasteiger partial charge >= 0.3 is 5.69 Å². The number of aromatic nitrogens is 3. The lowest BCUT2D eigenvalue weighted by atomic mass is 9.99. The molecule has 8 nitrogen and oxygen atoms in total. The molecule has 1 aromatic heterocycles. The molecule has 0 atom stereocenters. The fourth-order valence-electron chi connectivity index (χ4n) is 3.73. The van der Waals surface area contributed by atoms with Crippen LogP contribution in [0.25, 0.3) is 5.69 Å². The first-order valence-corrected chi connectivity index (χ1v) is 9.64. The van der Waals surface area contributed by atoms with Gasteiger partial charge in [-0.25, -0.2) is 18.4 Å². The first kappa shape index (κ1) is 20.1. The summed E-state index contributed by atoms with van der Waals surface area (Å²) in [6.07, 6.45) is 0. The molecule has 0 saturated carbocycles. The van der Waals surface area contributed by atoms with E-state index in [1.165, 1.54) is 28.5 Å². The van der Waals surface area contributed by atoms with E-state index in [9.17, 15) is 9.18 Å². The van der Waals surface area contributed by atoms with Crippen LogP contribution in [0.2, 0.25) is 0 Å². The zero-order valence-corrected chi connectivity index (χ0v) is 17.1. The van der Waals surface area contributed by atoms with Crippen molar-refractivity contribution in [1.82, 2.24) is 25.2 Å². The van der Waals surface area contributed by atoms with Gasteiger partial charge in [-0.05, 0) is 42.3 Å². The molecule has 0 bridgehead atoms. The SMILES string of the molecule is COc1cc(F)cc(Cn2nc(C)n(-c3ccc(C4CNNC4)cc3OC)c2=O)c1. The number of rotatable bonds is 6. The maximum atomic E-state index is 13.8. The number of hydrogen-bond donors (Lipinski definition) is 2. The van der Waals surface area contributed by atoms with E-state index in [0.717, 1.165) is 18.7 Å². The quantitative estimate of drug-likeness (QED) is 0.641. The van der Waals surface area contributed by atoms with Crippen LogP contribution < -0.4 is 26.0 Å². The zero-order chi connectivity index (χ0) is 21.3. The van der Waals surface area contributed by atoms with E-state index in [0.29, 0.717) is 34.5 Å². The first-order chi connectivity index (χ1) is 14.5. The van der Waals surface area contributed by atoms with Crippen LogP contribution in [0.3, 0.4) is 0 Å². The van der Waals surface area contributed by atoms with Gasteiger partial charge in [-0.2, -0.15) is 5.10 Å². The summed E-state index contributed by atoms with van der Waals surface area (Å²) in [6, 6.07) is 10.2. The van der Waals surface area contributed by atoms with Crippen molar-refractivity contribution in [1.29, 1.82) is 0 Å². The third kappa shape index (κ3) is 3.81. The van der Waals surface area contributed by atoms with E-state index in [1.807, 2.05) is 18.2 Å². The molecule has 2 N–H and O–H groups in total. The van der Waals surface area contributed by atoms with Crippen LogP contribution in [0.5, 0.6) is 11.5 Å².